The van der Waals surface area contributed by atoms with E-state index < -0.39 is 11.9 Å². The molecule has 4 aliphatic rings. The SMILES string of the molecule is CC(F)(F)C(=O)OCC12CC3CC(C1)CC(CC(=O)n1ccnc1)(C3)C2. The minimum atomic E-state index is -3.46. The second-order valence-electron chi connectivity index (χ2n) is 8.97. The van der Waals surface area contributed by atoms with E-state index in [2.05, 4.69) is 4.98 Å². The van der Waals surface area contributed by atoms with Gasteiger partial charge in [0.2, 0.25) is 5.91 Å². The molecule has 1 aromatic rings. The van der Waals surface area contributed by atoms with Crippen LogP contribution in [0.3, 0.4) is 0 Å². The molecule has 1 heterocycles. The van der Waals surface area contributed by atoms with Crippen LogP contribution in [0.4, 0.5) is 8.78 Å². The Kier molecular flexibility index (Phi) is 3.97. The summed E-state index contributed by atoms with van der Waals surface area (Å²) < 4.78 is 32.8. The minimum Gasteiger partial charge on any atom is -0.461 e. The zero-order valence-corrected chi connectivity index (χ0v) is 14.9. The molecule has 26 heavy (non-hydrogen) atoms. The number of carbonyl (C=O) groups excluding carboxylic acids is 2. The van der Waals surface area contributed by atoms with Crippen LogP contribution in [0.2, 0.25) is 0 Å². The lowest BCUT2D eigenvalue weighted by Gasteiger charge is -2.61. The van der Waals surface area contributed by atoms with Crippen molar-refractivity contribution in [2.24, 2.45) is 22.7 Å². The molecule has 0 aliphatic heterocycles. The lowest BCUT2D eigenvalue weighted by molar-refractivity contribution is -0.184. The van der Waals surface area contributed by atoms with Gasteiger partial charge in [-0.3, -0.25) is 9.36 Å². The van der Waals surface area contributed by atoms with Gasteiger partial charge in [0.25, 0.3) is 0 Å². The molecular formula is C19H24F2N2O3. The molecule has 7 heteroatoms. The minimum absolute atomic E-state index is 0.0247. The molecule has 0 saturated heterocycles. The number of imidazole rings is 1. The average molecular weight is 366 g/mol. The summed E-state index contributed by atoms with van der Waals surface area (Å²) in [4.78, 5) is 28.1. The van der Waals surface area contributed by atoms with E-state index in [9.17, 15) is 18.4 Å². The van der Waals surface area contributed by atoms with Crippen molar-refractivity contribution in [3.8, 4) is 0 Å². The molecule has 4 bridgehead atoms. The Morgan fingerprint density at radius 2 is 1.88 bits per heavy atom. The van der Waals surface area contributed by atoms with Gasteiger partial charge in [0.05, 0.1) is 6.61 Å². The van der Waals surface area contributed by atoms with Crippen LogP contribution in [0, 0.1) is 22.7 Å². The summed E-state index contributed by atoms with van der Waals surface area (Å²) in [5.74, 6) is -3.90. The fourth-order valence-corrected chi connectivity index (χ4v) is 6.19. The third kappa shape index (κ3) is 3.16. The molecule has 4 fully saturated rings. The Bertz CT molecular complexity index is 697. The summed E-state index contributed by atoms with van der Waals surface area (Å²) in [6, 6.07) is 0. The topological polar surface area (TPSA) is 61.2 Å². The predicted molar refractivity (Wildman–Crippen MR) is 88.6 cm³/mol. The zero-order valence-electron chi connectivity index (χ0n) is 14.9. The molecule has 4 saturated carbocycles. The van der Waals surface area contributed by atoms with Gasteiger partial charge in [0, 0.05) is 31.2 Å². The Morgan fingerprint density at radius 1 is 1.23 bits per heavy atom. The van der Waals surface area contributed by atoms with Crippen LogP contribution in [0.25, 0.3) is 0 Å². The normalized spacial score (nSPS) is 35.5. The summed E-state index contributed by atoms with van der Waals surface area (Å²) in [7, 11) is 0. The first-order valence-electron chi connectivity index (χ1n) is 9.25. The molecule has 0 spiro atoms. The summed E-state index contributed by atoms with van der Waals surface area (Å²) >= 11 is 0. The second-order valence-corrected chi connectivity index (χ2v) is 8.97. The Balaban J connectivity index is 1.50. The lowest BCUT2D eigenvalue weighted by Crippen LogP contribution is -2.54. The van der Waals surface area contributed by atoms with Gasteiger partial charge in [0.1, 0.15) is 6.33 Å². The number of hydrogen-bond donors (Lipinski definition) is 0. The fraction of sp³-hybridized carbons (Fsp3) is 0.737. The third-order valence-electron chi connectivity index (χ3n) is 6.49. The van der Waals surface area contributed by atoms with Crippen LogP contribution in [0.5, 0.6) is 0 Å². The van der Waals surface area contributed by atoms with Crippen molar-refractivity contribution >= 4 is 11.9 Å². The number of nitrogens with zero attached hydrogens (tertiary/aromatic N) is 2. The molecule has 2 atom stereocenters. The monoisotopic (exact) mass is 366 g/mol. The van der Waals surface area contributed by atoms with Gasteiger partial charge < -0.3 is 4.74 Å². The summed E-state index contributed by atoms with van der Waals surface area (Å²) in [6.45, 7) is 0.615. The first-order chi connectivity index (χ1) is 12.2. The van der Waals surface area contributed by atoms with E-state index >= 15 is 0 Å². The van der Waals surface area contributed by atoms with Crippen molar-refractivity contribution in [1.82, 2.24) is 9.55 Å². The zero-order chi connectivity index (χ0) is 18.6. The summed E-state index contributed by atoms with van der Waals surface area (Å²) in [5.41, 5.74) is -0.354. The van der Waals surface area contributed by atoms with Crippen LogP contribution in [0.1, 0.15) is 56.7 Å². The molecule has 5 nitrogen and oxygen atoms in total. The van der Waals surface area contributed by atoms with Crippen LogP contribution in [-0.4, -0.2) is 34.0 Å². The van der Waals surface area contributed by atoms with Crippen molar-refractivity contribution in [1.29, 1.82) is 0 Å². The van der Waals surface area contributed by atoms with Gasteiger partial charge in [-0.1, -0.05) is 0 Å². The molecular weight excluding hydrogens is 342 g/mol. The molecule has 0 aromatic carbocycles. The lowest BCUT2D eigenvalue weighted by atomic mass is 9.43. The Hall–Kier alpha value is -1.79. The quantitative estimate of drug-likeness (QED) is 0.746. The number of halogens is 2. The van der Waals surface area contributed by atoms with Gasteiger partial charge >= 0.3 is 11.9 Å². The molecule has 0 radical (unpaired) electrons. The van der Waals surface area contributed by atoms with Crippen LogP contribution < -0.4 is 0 Å². The highest BCUT2D eigenvalue weighted by atomic mass is 19.3. The van der Waals surface area contributed by atoms with Gasteiger partial charge in [-0.2, -0.15) is 8.78 Å². The van der Waals surface area contributed by atoms with Crippen molar-refractivity contribution in [3.63, 3.8) is 0 Å². The van der Waals surface area contributed by atoms with E-state index in [1.807, 2.05) is 0 Å². The molecule has 0 N–H and O–H groups in total. The molecule has 4 aliphatic carbocycles. The fourth-order valence-electron chi connectivity index (χ4n) is 6.19. The molecule has 5 rings (SSSR count). The van der Waals surface area contributed by atoms with E-state index in [-0.39, 0.29) is 23.3 Å². The van der Waals surface area contributed by atoms with Crippen LogP contribution >= 0.6 is 0 Å². The van der Waals surface area contributed by atoms with E-state index in [1.165, 1.54) is 10.9 Å². The van der Waals surface area contributed by atoms with E-state index in [0.717, 1.165) is 38.5 Å². The van der Waals surface area contributed by atoms with Crippen LogP contribution in [0.15, 0.2) is 18.7 Å². The molecule has 1 aromatic heterocycles. The highest BCUT2D eigenvalue weighted by molar-refractivity contribution is 5.79. The van der Waals surface area contributed by atoms with E-state index in [0.29, 0.717) is 25.2 Å². The standard InChI is InChI=1S/C19H24F2N2O3/c1-17(20,21)16(25)26-11-19-7-13-4-14(8-19)6-18(5-13,10-19)9-15(24)23-3-2-22-12-23/h2-3,12-14H,4-11H2,1H3. The molecule has 2 unspecified atom stereocenters. The van der Waals surface area contributed by atoms with Crippen molar-refractivity contribution in [2.45, 2.75) is 57.8 Å². The molecule has 142 valence electrons. The number of rotatable bonds is 5. The molecule has 0 amide bonds. The average Bonchev–Trinajstić information content (AvgIpc) is 3.04. The first-order valence-corrected chi connectivity index (χ1v) is 9.25. The van der Waals surface area contributed by atoms with E-state index in [4.69, 9.17) is 4.74 Å². The smallest absolute Gasteiger partial charge is 0.376 e. The number of hydrogen-bond acceptors (Lipinski definition) is 4. The first kappa shape index (κ1) is 17.6. The van der Waals surface area contributed by atoms with Gasteiger partial charge in [0.15, 0.2) is 0 Å². The summed E-state index contributed by atoms with van der Waals surface area (Å²) in [5, 5.41) is 0. The van der Waals surface area contributed by atoms with Crippen molar-refractivity contribution in [3.05, 3.63) is 18.7 Å². The maximum Gasteiger partial charge on any atom is 0.376 e. The highest BCUT2D eigenvalue weighted by Gasteiger charge is 2.58. The number of alkyl halides is 2. The number of esters is 1. The maximum absolute atomic E-state index is 13.2. The van der Waals surface area contributed by atoms with Crippen molar-refractivity contribution in [2.75, 3.05) is 6.61 Å². The Morgan fingerprint density at radius 3 is 2.46 bits per heavy atom. The number of ether oxygens (including phenoxy) is 1. The van der Waals surface area contributed by atoms with Crippen molar-refractivity contribution < 1.29 is 23.1 Å². The maximum atomic E-state index is 13.2. The number of aromatic nitrogens is 2. The van der Waals surface area contributed by atoms with Gasteiger partial charge in [-0.25, -0.2) is 9.78 Å². The number of carbonyl (C=O) groups is 2. The van der Waals surface area contributed by atoms with Gasteiger partial charge in [-0.15, -0.1) is 0 Å². The third-order valence-corrected chi connectivity index (χ3v) is 6.49. The largest absolute Gasteiger partial charge is 0.461 e. The van der Waals surface area contributed by atoms with Crippen LogP contribution in [-0.2, 0) is 9.53 Å². The van der Waals surface area contributed by atoms with Gasteiger partial charge in [-0.05, 0) is 55.8 Å². The second kappa shape index (κ2) is 5.86. The Labute approximate surface area is 151 Å². The predicted octanol–water partition coefficient (Wildman–Crippen LogP) is 3.70. The summed E-state index contributed by atoms with van der Waals surface area (Å²) in [6.07, 6.45) is 10.9. The van der Waals surface area contributed by atoms with E-state index in [1.54, 1.807) is 12.4 Å². The highest BCUT2D eigenvalue weighted by Crippen LogP contribution is 2.66.